The molecule has 2 aromatic heterocycles. The normalized spacial score (nSPS) is 14.6. The summed E-state index contributed by atoms with van der Waals surface area (Å²) >= 11 is 0. The number of ether oxygens (including phenoxy) is 1. The number of nitrogens with one attached hydrogen (secondary N) is 2. The highest BCUT2D eigenvalue weighted by atomic mass is 16.5. The molecule has 9 nitrogen and oxygen atoms in total. The third-order valence-corrected chi connectivity index (χ3v) is 6.70. The molecule has 1 aliphatic rings. The van der Waals surface area contributed by atoms with Crippen LogP contribution in [0.2, 0.25) is 0 Å². The number of nitrogens with zero attached hydrogens (tertiary/aromatic N) is 3. The van der Waals surface area contributed by atoms with Crippen LogP contribution in [0.4, 0.5) is 11.6 Å². The smallest absolute Gasteiger partial charge is 0.255 e. The van der Waals surface area contributed by atoms with Gasteiger partial charge < -0.3 is 24.9 Å². The zero-order valence-corrected chi connectivity index (χ0v) is 21.0. The van der Waals surface area contributed by atoms with Crippen molar-refractivity contribution in [2.24, 2.45) is 5.92 Å². The van der Waals surface area contributed by atoms with Crippen LogP contribution in [0.15, 0.2) is 59.1 Å². The molecule has 3 heterocycles. The van der Waals surface area contributed by atoms with Gasteiger partial charge in [0.25, 0.3) is 5.91 Å². The Morgan fingerprint density at radius 3 is 2.81 bits per heavy atom. The molecule has 4 aromatic rings. The first-order valence-corrected chi connectivity index (χ1v) is 12.5. The van der Waals surface area contributed by atoms with Crippen molar-refractivity contribution in [1.82, 2.24) is 20.2 Å². The molecule has 0 spiro atoms. The number of aliphatic hydroxyl groups is 1. The summed E-state index contributed by atoms with van der Waals surface area (Å²) in [5.74, 6) is 2.15. The molecule has 192 valence electrons. The number of fused-ring (bicyclic) bond motifs is 1. The zero-order valence-electron chi connectivity index (χ0n) is 21.0. The molecule has 1 saturated heterocycles. The molecule has 1 aliphatic heterocycles. The maximum absolute atomic E-state index is 12.2. The second kappa shape index (κ2) is 11.0. The summed E-state index contributed by atoms with van der Waals surface area (Å²) in [4.78, 5) is 23.4. The van der Waals surface area contributed by atoms with Crippen molar-refractivity contribution < 1.29 is 19.1 Å². The highest BCUT2D eigenvalue weighted by molar-refractivity contribution is 6.07. The Kier molecular flexibility index (Phi) is 7.34. The number of amides is 1. The van der Waals surface area contributed by atoms with Gasteiger partial charge in [-0.15, -0.1) is 0 Å². The minimum absolute atomic E-state index is 0.188. The van der Waals surface area contributed by atoms with Crippen LogP contribution in [0.1, 0.15) is 34.5 Å². The van der Waals surface area contributed by atoms with Gasteiger partial charge in [0.1, 0.15) is 17.1 Å². The SMILES string of the molecule is CNC(=O)c1c(C)oc2cc(Oc3ccnc(Nc4cccc(CN5CCC(CO)CC5)c4)n3)ccc12. The molecule has 0 aliphatic carbocycles. The largest absolute Gasteiger partial charge is 0.460 e. The van der Waals surface area contributed by atoms with E-state index in [1.807, 2.05) is 18.2 Å². The Hall–Kier alpha value is -3.95. The minimum Gasteiger partial charge on any atom is -0.460 e. The number of carbonyl (C=O) groups is 1. The summed E-state index contributed by atoms with van der Waals surface area (Å²) < 4.78 is 11.7. The van der Waals surface area contributed by atoms with Crippen LogP contribution in [-0.2, 0) is 6.54 Å². The third kappa shape index (κ3) is 5.73. The standard InChI is InChI=1S/C28H31N5O4/c1-18-26(27(35)29-2)23-7-6-22(15-24(23)36-18)37-25-8-11-30-28(32-25)31-21-5-3-4-20(14-21)16-33-12-9-19(17-34)10-13-33/h3-8,11,14-15,19,34H,9-10,12-13,16-17H2,1-2H3,(H,29,35)(H,30,31,32). The van der Waals surface area contributed by atoms with Crippen molar-refractivity contribution in [2.75, 3.05) is 32.1 Å². The highest BCUT2D eigenvalue weighted by Gasteiger charge is 2.19. The number of aromatic nitrogens is 2. The summed E-state index contributed by atoms with van der Waals surface area (Å²) in [6.45, 7) is 4.92. The van der Waals surface area contributed by atoms with Crippen molar-refractivity contribution in [3.63, 3.8) is 0 Å². The predicted octanol–water partition coefficient (Wildman–Crippen LogP) is 4.63. The van der Waals surface area contributed by atoms with Gasteiger partial charge in [-0.2, -0.15) is 4.98 Å². The van der Waals surface area contributed by atoms with Gasteiger partial charge in [0, 0.05) is 49.6 Å². The Morgan fingerprint density at radius 2 is 2.03 bits per heavy atom. The van der Waals surface area contributed by atoms with E-state index < -0.39 is 0 Å². The van der Waals surface area contributed by atoms with Gasteiger partial charge >= 0.3 is 0 Å². The number of benzene rings is 2. The van der Waals surface area contributed by atoms with Gasteiger partial charge in [0.05, 0.1) is 5.56 Å². The number of hydrogen-bond acceptors (Lipinski definition) is 8. The van der Waals surface area contributed by atoms with Gasteiger partial charge in [0.15, 0.2) is 0 Å². The summed E-state index contributed by atoms with van der Waals surface area (Å²) in [6, 6.07) is 15.2. The van der Waals surface area contributed by atoms with E-state index in [1.165, 1.54) is 5.56 Å². The van der Waals surface area contributed by atoms with Gasteiger partial charge in [0.2, 0.25) is 11.8 Å². The first-order chi connectivity index (χ1) is 18.0. The number of carbonyl (C=O) groups excluding carboxylic acids is 1. The third-order valence-electron chi connectivity index (χ3n) is 6.70. The average molecular weight is 502 g/mol. The number of rotatable bonds is 8. The van der Waals surface area contributed by atoms with Crippen molar-refractivity contribution in [3.8, 4) is 11.6 Å². The second-order valence-electron chi connectivity index (χ2n) is 9.32. The number of likely N-dealkylation sites (tertiary alicyclic amines) is 1. The maximum atomic E-state index is 12.2. The number of hydrogen-bond donors (Lipinski definition) is 3. The Morgan fingerprint density at radius 1 is 1.19 bits per heavy atom. The molecule has 5 rings (SSSR count). The topological polar surface area (TPSA) is 113 Å². The number of aliphatic hydroxyl groups excluding tert-OH is 1. The molecule has 0 unspecified atom stereocenters. The minimum atomic E-state index is -0.188. The first kappa shape index (κ1) is 24.7. The molecule has 0 saturated carbocycles. The van der Waals surface area contributed by atoms with Crippen LogP contribution in [0.25, 0.3) is 11.0 Å². The Bertz CT molecular complexity index is 1390. The maximum Gasteiger partial charge on any atom is 0.255 e. The lowest BCUT2D eigenvalue weighted by atomic mass is 9.97. The second-order valence-corrected chi connectivity index (χ2v) is 9.32. The lowest BCUT2D eigenvalue weighted by molar-refractivity contribution is 0.0963. The molecule has 0 atom stereocenters. The highest BCUT2D eigenvalue weighted by Crippen LogP contribution is 2.31. The van der Waals surface area contributed by atoms with E-state index in [0.717, 1.165) is 43.5 Å². The van der Waals surface area contributed by atoms with Gasteiger partial charge in [-0.3, -0.25) is 9.69 Å². The molecule has 37 heavy (non-hydrogen) atoms. The number of piperidine rings is 1. The van der Waals surface area contributed by atoms with E-state index in [4.69, 9.17) is 9.15 Å². The summed E-state index contributed by atoms with van der Waals surface area (Å²) in [5.41, 5.74) is 3.19. The monoisotopic (exact) mass is 501 g/mol. The molecule has 2 aromatic carbocycles. The summed E-state index contributed by atoms with van der Waals surface area (Å²) in [5, 5.41) is 16.0. The van der Waals surface area contributed by atoms with E-state index >= 15 is 0 Å². The van der Waals surface area contributed by atoms with E-state index in [-0.39, 0.29) is 12.5 Å². The van der Waals surface area contributed by atoms with Crippen LogP contribution in [0.3, 0.4) is 0 Å². The van der Waals surface area contributed by atoms with Crippen LogP contribution in [-0.4, -0.2) is 52.6 Å². The number of aryl methyl sites for hydroxylation is 1. The molecule has 0 bridgehead atoms. The van der Waals surface area contributed by atoms with Crippen LogP contribution in [0.5, 0.6) is 11.6 Å². The lowest BCUT2D eigenvalue weighted by Gasteiger charge is -2.31. The molecule has 1 amide bonds. The molecule has 1 fully saturated rings. The van der Waals surface area contributed by atoms with E-state index in [1.54, 1.807) is 38.4 Å². The molecular weight excluding hydrogens is 470 g/mol. The first-order valence-electron chi connectivity index (χ1n) is 12.5. The summed E-state index contributed by atoms with van der Waals surface area (Å²) in [7, 11) is 1.59. The molecular formula is C28H31N5O4. The number of anilines is 2. The van der Waals surface area contributed by atoms with E-state index in [0.29, 0.717) is 40.4 Å². The fourth-order valence-electron chi connectivity index (χ4n) is 4.71. The average Bonchev–Trinajstić information content (AvgIpc) is 3.24. The fourth-order valence-corrected chi connectivity index (χ4v) is 4.71. The molecule has 0 radical (unpaired) electrons. The van der Waals surface area contributed by atoms with Crippen molar-refractivity contribution >= 4 is 28.5 Å². The van der Waals surface area contributed by atoms with Crippen LogP contribution < -0.4 is 15.4 Å². The van der Waals surface area contributed by atoms with Crippen molar-refractivity contribution in [3.05, 3.63) is 71.6 Å². The lowest BCUT2D eigenvalue weighted by Crippen LogP contribution is -2.34. The van der Waals surface area contributed by atoms with Gasteiger partial charge in [-0.05, 0) is 68.6 Å². The Balaban J connectivity index is 1.26. The zero-order chi connectivity index (χ0) is 25.8. The van der Waals surface area contributed by atoms with Crippen molar-refractivity contribution in [1.29, 1.82) is 0 Å². The van der Waals surface area contributed by atoms with Crippen LogP contribution in [0, 0.1) is 12.8 Å². The quantitative estimate of drug-likeness (QED) is 0.320. The number of furan rings is 1. The summed E-state index contributed by atoms with van der Waals surface area (Å²) in [6.07, 6.45) is 3.71. The van der Waals surface area contributed by atoms with Crippen LogP contribution >= 0.6 is 0 Å². The molecule has 3 N–H and O–H groups in total. The fraction of sp³-hybridized carbons (Fsp3) is 0.321. The predicted molar refractivity (Wildman–Crippen MR) is 141 cm³/mol. The van der Waals surface area contributed by atoms with E-state index in [2.05, 4.69) is 37.6 Å². The Labute approximate surface area is 215 Å². The van der Waals surface area contributed by atoms with Gasteiger partial charge in [-0.1, -0.05) is 12.1 Å². The van der Waals surface area contributed by atoms with Gasteiger partial charge in [-0.25, -0.2) is 4.98 Å². The van der Waals surface area contributed by atoms with E-state index in [9.17, 15) is 9.90 Å². The van der Waals surface area contributed by atoms with Crippen molar-refractivity contribution in [2.45, 2.75) is 26.3 Å². The molecule has 9 heteroatoms.